The van der Waals surface area contributed by atoms with Gasteiger partial charge in [-0.15, -0.1) is 0 Å². The van der Waals surface area contributed by atoms with E-state index < -0.39 is 15.8 Å². The fourth-order valence-corrected chi connectivity index (χ4v) is 6.43. The molecule has 1 aromatic heterocycles. The van der Waals surface area contributed by atoms with Crippen molar-refractivity contribution in [3.05, 3.63) is 28.7 Å². The van der Waals surface area contributed by atoms with Crippen LogP contribution in [0, 0.1) is 17.8 Å². The Bertz CT molecular complexity index is 1110. The van der Waals surface area contributed by atoms with Gasteiger partial charge in [0.15, 0.2) is 5.58 Å². The number of carbonyl (C=O) groups is 1. The molecule has 0 saturated carbocycles. The smallest absolute Gasteiger partial charge is 0.408 e. The van der Waals surface area contributed by atoms with Gasteiger partial charge in [-0.2, -0.15) is 4.31 Å². The third-order valence-corrected chi connectivity index (χ3v) is 8.18. The van der Waals surface area contributed by atoms with Gasteiger partial charge in [-0.1, -0.05) is 13.8 Å². The number of oxazole rings is 1. The van der Waals surface area contributed by atoms with E-state index in [9.17, 15) is 18.0 Å². The Balaban J connectivity index is 1.55. The summed E-state index contributed by atoms with van der Waals surface area (Å²) in [5.74, 6) is 0.150. The van der Waals surface area contributed by atoms with E-state index in [0.29, 0.717) is 36.7 Å². The molecule has 1 amide bonds. The SMILES string of the molecule is C[C@@H]1C[C@@H](C)CN(C(=O)[C@H]2CCCN(S(=O)(=O)c3ccc4c(c3)oc(=O)n4C)C2)C1. The van der Waals surface area contributed by atoms with Crippen LogP contribution < -0.4 is 5.76 Å². The van der Waals surface area contributed by atoms with Gasteiger partial charge in [0.25, 0.3) is 0 Å². The van der Waals surface area contributed by atoms with Gasteiger partial charge >= 0.3 is 5.76 Å². The van der Waals surface area contributed by atoms with E-state index in [1.54, 1.807) is 13.1 Å². The number of likely N-dealkylation sites (tertiary alicyclic amines) is 1. The summed E-state index contributed by atoms with van der Waals surface area (Å²) in [5.41, 5.74) is 0.781. The maximum absolute atomic E-state index is 13.2. The average Bonchev–Trinajstić information content (AvgIpc) is 3.00. The van der Waals surface area contributed by atoms with Crippen molar-refractivity contribution in [1.29, 1.82) is 0 Å². The van der Waals surface area contributed by atoms with Crippen molar-refractivity contribution in [2.75, 3.05) is 26.2 Å². The zero-order valence-corrected chi connectivity index (χ0v) is 18.5. The first kappa shape index (κ1) is 21.1. The first-order valence-corrected chi connectivity index (χ1v) is 12.0. The number of aryl methyl sites for hydroxylation is 1. The van der Waals surface area contributed by atoms with Crippen molar-refractivity contribution in [2.24, 2.45) is 24.8 Å². The average molecular weight is 436 g/mol. The van der Waals surface area contributed by atoms with Crippen molar-refractivity contribution in [2.45, 2.75) is 38.0 Å². The second-order valence-electron chi connectivity index (χ2n) is 8.95. The Labute approximate surface area is 176 Å². The van der Waals surface area contributed by atoms with E-state index >= 15 is 0 Å². The monoisotopic (exact) mass is 435 g/mol. The second kappa shape index (κ2) is 7.85. The van der Waals surface area contributed by atoms with Gasteiger partial charge in [0.05, 0.1) is 16.3 Å². The molecule has 1 aromatic carbocycles. The number of aromatic nitrogens is 1. The number of fused-ring (bicyclic) bond motifs is 1. The summed E-state index contributed by atoms with van der Waals surface area (Å²) < 4.78 is 34.4. The number of amides is 1. The Hall–Kier alpha value is -2.13. The highest BCUT2D eigenvalue weighted by Crippen LogP contribution is 2.29. The molecule has 4 rings (SSSR count). The Morgan fingerprint density at radius 1 is 1.13 bits per heavy atom. The molecule has 2 aromatic rings. The molecule has 0 spiro atoms. The van der Waals surface area contributed by atoms with Gasteiger partial charge in [0, 0.05) is 39.3 Å². The minimum Gasteiger partial charge on any atom is -0.408 e. The molecule has 0 aliphatic carbocycles. The number of hydrogen-bond acceptors (Lipinski definition) is 5. The van der Waals surface area contributed by atoms with Crippen LogP contribution in [0.3, 0.4) is 0 Å². The lowest BCUT2D eigenvalue weighted by Gasteiger charge is -2.39. The molecule has 0 radical (unpaired) electrons. The summed E-state index contributed by atoms with van der Waals surface area (Å²) in [6, 6.07) is 4.47. The molecule has 3 atom stereocenters. The molecular formula is C21H29N3O5S. The summed E-state index contributed by atoms with van der Waals surface area (Å²) in [7, 11) is -2.21. The maximum Gasteiger partial charge on any atom is 0.419 e. The molecule has 2 aliphatic rings. The Kier molecular flexibility index (Phi) is 5.52. The summed E-state index contributed by atoms with van der Waals surface area (Å²) in [6.45, 7) is 6.39. The van der Waals surface area contributed by atoms with E-state index in [1.165, 1.54) is 21.0 Å². The standard InChI is InChI=1S/C21H29N3O5S/c1-14-9-15(2)12-23(11-14)20(25)16-5-4-8-24(13-16)30(27,28)17-6-7-18-19(10-17)29-21(26)22(18)3/h6-7,10,14-16H,4-5,8-9,11-13H2,1-3H3/t14-,15-,16+/m1/s1. The number of rotatable bonds is 3. The van der Waals surface area contributed by atoms with Crippen molar-refractivity contribution in [1.82, 2.24) is 13.8 Å². The summed E-state index contributed by atoms with van der Waals surface area (Å²) in [6.07, 6.45) is 2.47. The lowest BCUT2D eigenvalue weighted by molar-refractivity contribution is -0.139. The topological polar surface area (TPSA) is 92.8 Å². The van der Waals surface area contributed by atoms with Gasteiger partial charge in [-0.05, 0) is 43.2 Å². The van der Waals surface area contributed by atoms with Gasteiger partial charge in [0.1, 0.15) is 0 Å². The van der Waals surface area contributed by atoms with Crippen LogP contribution in [-0.4, -0.2) is 54.3 Å². The van der Waals surface area contributed by atoms with Crippen LogP contribution in [0.2, 0.25) is 0 Å². The minimum absolute atomic E-state index is 0.0674. The van der Waals surface area contributed by atoms with E-state index in [1.807, 2.05) is 4.90 Å². The van der Waals surface area contributed by atoms with Crippen molar-refractivity contribution < 1.29 is 17.6 Å². The molecule has 30 heavy (non-hydrogen) atoms. The Morgan fingerprint density at radius 2 is 1.83 bits per heavy atom. The van der Waals surface area contributed by atoms with Crippen LogP contribution in [0.1, 0.15) is 33.1 Å². The normalized spacial score (nSPS) is 26.2. The zero-order valence-electron chi connectivity index (χ0n) is 17.7. The predicted molar refractivity (Wildman–Crippen MR) is 112 cm³/mol. The molecule has 0 unspecified atom stereocenters. The highest BCUT2D eigenvalue weighted by Gasteiger charge is 2.37. The lowest BCUT2D eigenvalue weighted by Crippen LogP contribution is -2.50. The van der Waals surface area contributed by atoms with Gasteiger partial charge < -0.3 is 9.32 Å². The largest absolute Gasteiger partial charge is 0.419 e. The van der Waals surface area contributed by atoms with Gasteiger partial charge in [-0.3, -0.25) is 9.36 Å². The van der Waals surface area contributed by atoms with Crippen LogP contribution in [-0.2, 0) is 21.9 Å². The number of hydrogen-bond donors (Lipinski definition) is 0. The third kappa shape index (κ3) is 3.80. The molecule has 8 nitrogen and oxygen atoms in total. The van der Waals surface area contributed by atoms with Crippen LogP contribution in [0.15, 0.2) is 32.3 Å². The van der Waals surface area contributed by atoms with E-state index in [4.69, 9.17) is 4.42 Å². The molecule has 2 saturated heterocycles. The molecule has 0 bridgehead atoms. The lowest BCUT2D eigenvalue weighted by atomic mass is 9.90. The van der Waals surface area contributed by atoms with Crippen LogP contribution >= 0.6 is 0 Å². The van der Waals surface area contributed by atoms with Gasteiger partial charge in [-0.25, -0.2) is 13.2 Å². The molecule has 2 aliphatic heterocycles. The Morgan fingerprint density at radius 3 is 2.53 bits per heavy atom. The maximum atomic E-state index is 13.2. The van der Waals surface area contributed by atoms with Crippen molar-refractivity contribution in [3.8, 4) is 0 Å². The fraction of sp³-hybridized carbons (Fsp3) is 0.619. The number of benzene rings is 1. The zero-order chi connectivity index (χ0) is 21.6. The summed E-state index contributed by atoms with van der Waals surface area (Å²) in [4.78, 5) is 26.8. The highest BCUT2D eigenvalue weighted by molar-refractivity contribution is 7.89. The molecular weight excluding hydrogens is 406 g/mol. The van der Waals surface area contributed by atoms with Crippen LogP contribution in [0.25, 0.3) is 11.1 Å². The molecule has 9 heteroatoms. The molecule has 164 valence electrons. The number of nitrogens with zero attached hydrogens (tertiary/aromatic N) is 3. The second-order valence-corrected chi connectivity index (χ2v) is 10.9. The first-order chi connectivity index (χ1) is 14.2. The fourth-order valence-electron chi connectivity index (χ4n) is 4.89. The van der Waals surface area contributed by atoms with E-state index in [0.717, 1.165) is 19.5 Å². The number of piperidine rings is 2. The van der Waals surface area contributed by atoms with Crippen molar-refractivity contribution >= 4 is 27.0 Å². The third-order valence-electron chi connectivity index (χ3n) is 6.32. The number of sulfonamides is 1. The molecule has 2 fully saturated rings. The van der Waals surface area contributed by atoms with Gasteiger partial charge in [0.2, 0.25) is 15.9 Å². The molecule has 3 heterocycles. The quantitative estimate of drug-likeness (QED) is 0.736. The summed E-state index contributed by atoms with van der Waals surface area (Å²) in [5, 5.41) is 0. The van der Waals surface area contributed by atoms with Crippen LogP contribution in [0.5, 0.6) is 0 Å². The number of carbonyl (C=O) groups excluding carboxylic acids is 1. The van der Waals surface area contributed by atoms with E-state index in [2.05, 4.69) is 13.8 Å². The van der Waals surface area contributed by atoms with Crippen molar-refractivity contribution in [3.63, 3.8) is 0 Å². The molecule has 0 N–H and O–H groups in total. The minimum atomic E-state index is -3.78. The highest BCUT2D eigenvalue weighted by atomic mass is 32.2. The van der Waals surface area contributed by atoms with Crippen LogP contribution in [0.4, 0.5) is 0 Å². The summed E-state index contributed by atoms with van der Waals surface area (Å²) >= 11 is 0. The predicted octanol–water partition coefficient (Wildman–Crippen LogP) is 2.04. The first-order valence-electron chi connectivity index (χ1n) is 10.6. The van der Waals surface area contributed by atoms with E-state index in [-0.39, 0.29) is 28.8 Å².